The van der Waals surface area contributed by atoms with Gasteiger partial charge < -0.3 is 10.0 Å². The van der Waals surface area contributed by atoms with Crippen LogP contribution in [0.1, 0.15) is 53.6 Å². The van der Waals surface area contributed by atoms with Gasteiger partial charge in [-0.15, -0.1) is 0 Å². The molecule has 2 bridgehead atoms. The molecule has 0 radical (unpaired) electrons. The van der Waals surface area contributed by atoms with Gasteiger partial charge in [-0.05, 0) is 68.5 Å². The van der Waals surface area contributed by atoms with E-state index < -0.39 is 5.97 Å². The lowest BCUT2D eigenvalue weighted by Crippen LogP contribution is -2.59. The van der Waals surface area contributed by atoms with E-state index in [1.165, 1.54) is 43.2 Å². The fourth-order valence-electron chi connectivity index (χ4n) is 5.33. The second kappa shape index (κ2) is 4.57. The zero-order chi connectivity index (χ0) is 14.6. The Hall–Kier alpha value is -1.35. The molecule has 3 heteroatoms. The van der Waals surface area contributed by atoms with Crippen molar-refractivity contribution in [2.75, 3.05) is 13.6 Å². The molecule has 112 valence electrons. The summed E-state index contributed by atoms with van der Waals surface area (Å²) in [7, 11) is 2.26. The molecule has 1 N–H and O–H groups in total. The maximum Gasteiger partial charge on any atom is 0.335 e. The van der Waals surface area contributed by atoms with Crippen LogP contribution in [0.3, 0.4) is 0 Å². The number of carboxylic acids is 1. The van der Waals surface area contributed by atoms with Gasteiger partial charge in [0.05, 0.1) is 5.56 Å². The van der Waals surface area contributed by atoms with Crippen LogP contribution in [0, 0.1) is 5.92 Å². The normalized spacial score (nSPS) is 34.9. The Morgan fingerprint density at radius 1 is 1.33 bits per heavy atom. The van der Waals surface area contributed by atoms with Gasteiger partial charge >= 0.3 is 5.97 Å². The molecule has 21 heavy (non-hydrogen) atoms. The number of carbonyl (C=O) groups is 1. The van der Waals surface area contributed by atoms with Crippen LogP contribution in [0.4, 0.5) is 0 Å². The molecule has 0 amide bonds. The Balaban J connectivity index is 1.89. The lowest BCUT2D eigenvalue weighted by atomic mass is 9.52. The van der Waals surface area contributed by atoms with Crippen molar-refractivity contribution < 1.29 is 9.90 Å². The summed E-state index contributed by atoms with van der Waals surface area (Å²) in [4.78, 5) is 13.9. The number of nitrogens with zero attached hydrogens (tertiary/aromatic N) is 1. The lowest BCUT2D eigenvalue weighted by molar-refractivity contribution is 0.00279. The molecule has 4 rings (SSSR count). The van der Waals surface area contributed by atoms with E-state index in [0.717, 1.165) is 18.9 Å². The third kappa shape index (κ3) is 1.80. The van der Waals surface area contributed by atoms with E-state index in [1.54, 1.807) is 6.07 Å². The number of benzene rings is 1. The molecule has 1 heterocycles. The minimum Gasteiger partial charge on any atom is -0.478 e. The van der Waals surface area contributed by atoms with Gasteiger partial charge in [-0.25, -0.2) is 4.79 Å². The van der Waals surface area contributed by atoms with Crippen molar-refractivity contribution in [1.29, 1.82) is 0 Å². The standard InChI is InChI=1S/C18H23NO2/c1-19-9-8-18-7-3-2-4-14(18)16(19)11-12-5-6-13(17(20)21)10-15(12)18/h5-6,10,14,16H,2-4,7-9,11H2,1H3,(H,20,21)/t14-,16+,18+/m0/s1. The maximum atomic E-state index is 11.4. The van der Waals surface area contributed by atoms with Crippen molar-refractivity contribution in [1.82, 2.24) is 4.90 Å². The van der Waals surface area contributed by atoms with E-state index >= 15 is 0 Å². The molecule has 1 saturated heterocycles. The number of piperidine rings is 1. The van der Waals surface area contributed by atoms with Gasteiger partial charge in [-0.1, -0.05) is 18.9 Å². The SMILES string of the molecule is CN1CC[C@]23CCCC[C@H]2[C@H]1Cc1ccc(C(=O)O)cc13. The molecule has 1 aromatic rings. The van der Waals surface area contributed by atoms with Crippen LogP contribution in [0.25, 0.3) is 0 Å². The summed E-state index contributed by atoms with van der Waals surface area (Å²) in [6.45, 7) is 1.15. The van der Waals surface area contributed by atoms with Crippen LogP contribution in [0.15, 0.2) is 18.2 Å². The first-order valence-corrected chi connectivity index (χ1v) is 8.19. The second-order valence-corrected chi connectivity index (χ2v) is 7.19. The Morgan fingerprint density at radius 2 is 2.19 bits per heavy atom. The molecule has 3 nitrogen and oxygen atoms in total. The van der Waals surface area contributed by atoms with E-state index in [1.807, 2.05) is 6.07 Å². The molecule has 0 aromatic heterocycles. The minimum absolute atomic E-state index is 0.258. The van der Waals surface area contributed by atoms with Crippen molar-refractivity contribution in [3.05, 3.63) is 34.9 Å². The number of hydrogen-bond donors (Lipinski definition) is 1. The van der Waals surface area contributed by atoms with Gasteiger partial charge in [-0.3, -0.25) is 0 Å². The highest BCUT2D eigenvalue weighted by Gasteiger charge is 2.53. The Labute approximate surface area is 126 Å². The van der Waals surface area contributed by atoms with Gasteiger partial charge in [0.15, 0.2) is 0 Å². The largest absolute Gasteiger partial charge is 0.478 e. The highest BCUT2D eigenvalue weighted by molar-refractivity contribution is 5.88. The zero-order valence-corrected chi connectivity index (χ0v) is 12.6. The van der Waals surface area contributed by atoms with Crippen molar-refractivity contribution >= 4 is 5.97 Å². The molecule has 2 fully saturated rings. The number of aromatic carboxylic acids is 1. The minimum atomic E-state index is -0.795. The van der Waals surface area contributed by atoms with E-state index in [0.29, 0.717) is 11.6 Å². The highest BCUT2D eigenvalue weighted by atomic mass is 16.4. The van der Waals surface area contributed by atoms with Crippen molar-refractivity contribution in [3.63, 3.8) is 0 Å². The van der Waals surface area contributed by atoms with E-state index in [2.05, 4.69) is 18.0 Å². The van der Waals surface area contributed by atoms with Crippen molar-refractivity contribution in [2.24, 2.45) is 5.92 Å². The number of fused-ring (bicyclic) bond motifs is 1. The molecule has 1 aliphatic heterocycles. The average Bonchev–Trinajstić information content (AvgIpc) is 2.50. The molecular formula is C18H23NO2. The molecule has 3 aliphatic rings. The van der Waals surface area contributed by atoms with Crippen LogP contribution < -0.4 is 0 Å². The van der Waals surface area contributed by atoms with Crippen LogP contribution in [0.5, 0.6) is 0 Å². The quantitative estimate of drug-likeness (QED) is 0.862. The summed E-state index contributed by atoms with van der Waals surface area (Å²) in [6.07, 6.45) is 7.48. The number of hydrogen-bond acceptors (Lipinski definition) is 2. The average molecular weight is 285 g/mol. The summed E-state index contributed by atoms with van der Waals surface area (Å²) in [6, 6.07) is 6.52. The first-order chi connectivity index (χ1) is 10.1. The fourth-order valence-corrected chi connectivity index (χ4v) is 5.33. The number of carboxylic acid groups (broad SMARTS) is 1. The van der Waals surface area contributed by atoms with Crippen molar-refractivity contribution in [2.45, 2.75) is 50.0 Å². The molecular weight excluding hydrogens is 262 g/mol. The molecule has 2 aliphatic carbocycles. The van der Waals surface area contributed by atoms with Gasteiger partial charge in [0.2, 0.25) is 0 Å². The maximum absolute atomic E-state index is 11.4. The third-order valence-electron chi connectivity index (χ3n) is 6.36. The summed E-state index contributed by atoms with van der Waals surface area (Å²) in [5.74, 6) is -0.0712. The summed E-state index contributed by atoms with van der Waals surface area (Å²) >= 11 is 0. The van der Waals surface area contributed by atoms with Gasteiger partial charge in [0.25, 0.3) is 0 Å². The summed E-state index contributed by atoms with van der Waals surface area (Å²) in [5, 5.41) is 9.34. The van der Waals surface area contributed by atoms with Crippen LogP contribution in [-0.2, 0) is 11.8 Å². The fraction of sp³-hybridized carbons (Fsp3) is 0.611. The van der Waals surface area contributed by atoms with Crippen LogP contribution in [0.2, 0.25) is 0 Å². The predicted molar refractivity (Wildman–Crippen MR) is 81.8 cm³/mol. The molecule has 0 unspecified atom stereocenters. The van der Waals surface area contributed by atoms with Crippen LogP contribution in [-0.4, -0.2) is 35.6 Å². The Kier molecular flexibility index (Phi) is 2.90. The van der Waals surface area contributed by atoms with Crippen molar-refractivity contribution in [3.8, 4) is 0 Å². The Morgan fingerprint density at radius 3 is 3.00 bits per heavy atom. The molecule has 1 saturated carbocycles. The first-order valence-electron chi connectivity index (χ1n) is 8.19. The van der Waals surface area contributed by atoms with E-state index in [9.17, 15) is 9.90 Å². The van der Waals surface area contributed by atoms with Gasteiger partial charge in [0, 0.05) is 11.5 Å². The van der Waals surface area contributed by atoms with Gasteiger partial charge in [-0.2, -0.15) is 0 Å². The second-order valence-electron chi connectivity index (χ2n) is 7.19. The predicted octanol–water partition coefficient (Wildman–Crippen LogP) is 3.07. The molecule has 1 aromatic carbocycles. The van der Waals surface area contributed by atoms with Crippen LogP contribution >= 0.6 is 0 Å². The summed E-state index contributed by atoms with van der Waals surface area (Å²) < 4.78 is 0. The number of likely N-dealkylation sites (N-methyl/N-ethyl adjacent to an activating group) is 1. The topological polar surface area (TPSA) is 40.5 Å². The Bertz CT molecular complexity index is 597. The highest BCUT2D eigenvalue weighted by Crippen LogP contribution is 2.55. The number of rotatable bonds is 1. The zero-order valence-electron chi connectivity index (χ0n) is 12.6. The van der Waals surface area contributed by atoms with E-state index in [-0.39, 0.29) is 5.41 Å². The molecule has 3 atom stereocenters. The number of likely N-dealkylation sites (tertiary alicyclic amines) is 1. The first kappa shape index (κ1) is 13.3. The monoisotopic (exact) mass is 285 g/mol. The lowest BCUT2D eigenvalue weighted by Gasteiger charge is -2.58. The van der Waals surface area contributed by atoms with Gasteiger partial charge in [0.1, 0.15) is 0 Å². The molecule has 0 spiro atoms. The third-order valence-corrected chi connectivity index (χ3v) is 6.36. The smallest absolute Gasteiger partial charge is 0.335 e. The summed E-state index contributed by atoms with van der Waals surface area (Å²) in [5.41, 5.74) is 3.49. The van der Waals surface area contributed by atoms with E-state index in [4.69, 9.17) is 0 Å².